The zero-order valence-corrected chi connectivity index (χ0v) is 15.9. The van der Waals surface area contributed by atoms with Gasteiger partial charge >= 0.3 is 0 Å². The third-order valence-electron chi connectivity index (χ3n) is 4.04. The number of ether oxygens (including phenoxy) is 1. The van der Waals surface area contributed by atoms with E-state index in [4.69, 9.17) is 4.74 Å². The van der Waals surface area contributed by atoms with Crippen LogP contribution >= 0.6 is 0 Å². The third kappa shape index (κ3) is 6.02. The lowest BCUT2D eigenvalue weighted by Gasteiger charge is -2.26. The first-order chi connectivity index (χ1) is 11.7. The van der Waals surface area contributed by atoms with E-state index in [-0.39, 0.29) is 11.3 Å². The zero-order chi connectivity index (χ0) is 18.5. The highest BCUT2D eigenvalue weighted by Crippen LogP contribution is 2.22. The standard InChI is InChI=1S/C22H29NO2/c1-21(2,3)19-13-11-18(12-14-19)20(24)23-22(4,5)16-25-15-17-9-7-6-8-10-17/h6-14H,15-16H2,1-5H3,(H,23,24). The lowest BCUT2D eigenvalue weighted by atomic mass is 9.86. The second-order valence-electron chi connectivity index (χ2n) is 8.14. The maximum atomic E-state index is 12.5. The summed E-state index contributed by atoms with van der Waals surface area (Å²) in [6.07, 6.45) is 0. The molecule has 0 saturated carbocycles. The largest absolute Gasteiger partial charge is 0.374 e. The lowest BCUT2D eigenvalue weighted by Crippen LogP contribution is -2.47. The van der Waals surface area contributed by atoms with Crippen molar-refractivity contribution in [2.45, 2.75) is 52.2 Å². The molecule has 2 aromatic carbocycles. The van der Waals surface area contributed by atoms with Crippen molar-refractivity contribution >= 4 is 5.91 Å². The summed E-state index contributed by atoms with van der Waals surface area (Å²) in [5.41, 5.74) is 2.66. The monoisotopic (exact) mass is 339 g/mol. The highest BCUT2D eigenvalue weighted by molar-refractivity contribution is 5.94. The quantitative estimate of drug-likeness (QED) is 0.828. The van der Waals surface area contributed by atoms with E-state index in [1.807, 2.05) is 68.4 Å². The maximum absolute atomic E-state index is 12.5. The maximum Gasteiger partial charge on any atom is 0.251 e. The highest BCUT2D eigenvalue weighted by Gasteiger charge is 2.22. The molecule has 0 atom stereocenters. The van der Waals surface area contributed by atoms with Crippen molar-refractivity contribution in [1.82, 2.24) is 5.32 Å². The molecule has 0 bridgehead atoms. The van der Waals surface area contributed by atoms with E-state index >= 15 is 0 Å². The summed E-state index contributed by atoms with van der Waals surface area (Å²) in [6, 6.07) is 17.8. The molecule has 2 aromatic rings. The minimum absolute atomic E-state index is 0.0752. The Morgan fingerprint density at radius 3 is 2.08 bits per heavy atom. The summed E-state index contributed by atoms with van der Waals surface area (Å²) in [6.45, 7) is 11.4. The van der Waals surface area contributed by atoms with Gasteiger partial charge in [0.1, 0.15) is 0 Å². The molecule has 25 heavy (non-hydrogen) atoms. The van der Waals surface area contributed by atoms with Crippen molar-refractivity contribution in [1.29, 1.82) is 0 Å². The first kappa shape index (κ1) is 19.2. The molecule has 3 heteroatoms. The molecule has 0 aliphatic heterocycles. The van der Waals surface area contributed by atoms with Crippen LogP contribution in [0.5, 0.6) is 0 Å². The topological polar surface area (TPSA) is 38.3 Å². The normalized spacial score (nSPS) is 12.0. The molecule has 0 radical (unpaired) electrons. The molecule has 0 unspecified atom stereocenters. The third-order valence-corrected chi connectivity index (χ3v) is 4.04. The van der Waals surface area contributed by atoms with E-state index in [1.165, 1.54) is 5.56 Å². The van der Waals surface area contributed by atoms with E-state index < -0.39 is 5.54 Å². The van der Waals surface area contributed by atoms with Crippen molar-refractivity contribution in [3.63, 3.8) is 0 Å². The van der Waals surface area contributed by atoms with Gasteiger partial charge in [0.15, 0.2) is 0 Å². The van der Waals surface area contributed by atoms with Gasteiger partial charge < -0.3 is 10.1 Å². The van der Waals surface area contributed by atoms with Crippen LogP contribution in [0, 0.1) is 0 Å². The Bertz CT molecular complexity index is 682. The Kier molecular flexibility index (Phi) is 6.02. The van der Waals surface area contributed by atoms with Gasteiger partial charge in [-0.15, -0.1) is 0 Å². The van der Waals surface area contributed by atoms with Gasteiger partial charge in [0, 0.05) is 5.56 Å². The van der Waals surface area contributed by atoms with Crippen molar-refractivity contribution in [2.24, 2.45) is 0 Å². The molecule has 134 valence electrons. The molecule has 0 spiro atoms. The van der Waals surface area contributed by atoms with Crippen LogP contribution in [0.15, 0.2) is 54.6 Å². The van der Waals surface area contributed by atoms with Gasteiger partial charge in [-0.2, -0.15) is 0 Å². The fraction of sp³-hybridized carbons (Fsp3) is 0.409. The van der Waals surface area contributed by atoms with Crippen LogP contribution < -0.4 is 5.32 Å². The molecule has 0 aliphatic carbocycles. The second kappa shape index (κ2) is 7.83. The smallest absolute Gasteiger partial charge is 0.251 e. The molecular weight excluding hydrogens is 310 g/mol. The molecule has 3 nitrogen and oxygen atoms in total. The number of hydrogen-bond donors (Lipinski definition) is 1. The van der Waals surface area contributed by atoms with E-state index in [0.29, 0.717) is 18.8 Å². The zero-order valence-electron chi connectivity index (χ0n) is 15.9. The van der Waals surface area contributed by atoms with Crippen molar-refractivity contribution in [2.75, 3.05) is 6.61 Å². The number of hydrogen-bond acceptors (Lipinski definition) is 2. The minimum atomic E-state index is -0.436. The predicted molar refractivity (Wildman–Crippen MR) is 103 cm³/mol. The van der Waals surface area contributed by atoms with Crippen LogP contribution in [-0.2, 0) is 16.8 Å². The molecule has 0 aliphatic rings. The number of rotatable bonds is 6. The number of benzene rings is 2. The van der Waals surface area contributed by atoms with E-state index in [0.717, 1.165) is 5.56 Å². The van der Waals surface area contributed by atoms with Crippen LogP contribution in [0.25, 0.3) is 0 Å². The van der Waals surface area contributed by atoms with Crippen molar-refractivity contribution in [3.8, 4) is 0 Å². The summed E-state index contributed by atoms with van der Waals surface area (Å²) in [5, 5.41) is 3.05. The molecule has 1 N–H and O–H groups in total. The molecule has 1 amide bonds. The summed E-state index contributed by atoms with van der Waals surface area (Å²) in [7, 11) is 0. The number of carbonyl (C=O) groups excluding carboxylic acids is 1. The van der Waals surface area contributed by atoms with Gasteiger partial charge in [0.25, 0.3) is 5.91 Å². The molecule has 0 heterocycles. The predicted octanol–water partition coefficient (Wildman–Crippen LogP) is 4.71. The number of carbonyl (C=O) groups is 1. The first-order valence-electron chi connectivity index (χ1n) is 8.72. The fourth-order valence-electron chi connectivity index (χ4n) is 2.54. The van der Waals surface area contributed by atoms with Crippen molar-refractivity contribution in [3.05, 3.63) is 71.3 Å². The molecule has 0 saturated heterocycles. The minimum Gasteiger partial charge on any atom is -0.374 e. The second-order valence-corrected chi connectivity index (χ2v) is 8.14. The Morgan fingerprint density at radius 2 is 1.52 bits per heavy atom. The Morgan fingerprint density at radius 1 is 0.920 bits per heavy atom. The lowest BCUT2D eigenvalue weighted by molar-refractivity contribution is 0.0617. The molecule has 2 rings (SSSR count). The summed E-state index contributed by atoms with van der Waals surface area (Å²) >= 11 is 0. The summed E-state index contributed by atoms with van der Waals surface area (Å²) < 4.78 is 5.77. The van der Waals surface area contributed by atoms with Crippen LogP contribution in [0.1, 0.15) is 56.1 Å². The Labute approximate surface area is 151 Å². The first-order valence-corrected chi connectivity index (χ1v) is 8.72. The average molecular weight is 339 g/mol. The SMILES string of the molecule is CC(C)(COCc1ccccc1)NC(=O)c1ccc(C(C)(C)C)cc1. The fourth-order valence-corrected chi connectivity index (χ4v) is 2.54. The highest BCUT2D eigenvalue weighted by atomic mass is 16.5. The van der Waals surface area contributed by atoms with Crippen LogP contribution in [-0.4, -0.2) is 18.1 Å². The van der Waals surface area contributed by atoms with Gasteiger partial charge in [0.2, 0.25) is 0 Å². The Hall–Kier alpha value is -2.13. The van der Waals surface area contributed by atoms with Gasteiger partial charge in [0.05, 0.1) is 18.8 Å². The van der Waals surface area contributed by atoms with Gasteiger partial charge in [-0.25, -0.2) is 0 Å². The summed E-state index contributed by atoms with van der Waals surface area (Å²) in [5.74, 6) is -0.0752. The van der Waals surface area contributed by atoms with Gasteiger partial charge in [-0.3, -0.25) is 4.79 Å². The van der Waals surface area contributed by atoms with Crippen LogP contribution in [0.3, 0.4) is 0 Å². The van der Waals surface area contributed by atoms with Crippen LogP contribution in [0.4, 0.5) is 0 Å². The van der Waals surface area contributed by atoms with Crippen molar-refractivity contribution < 1.29 is 9.53 Å². The Balaban J connectivity index is 1.89. The molecule has 0 aromatic heterocycles. The average Bonchev–Trinajstić information content (AvgIpc) is 2.54. The molecular formula is C22H29NO2. The van der Waals surface area contributed by atoms with Crippen LogP contribution in [0.2, 0.25) is 0 Å². The van der Waals surface area contributed by atoms with Gasteiger partial charge in [-0.1, -0.05) is 63.2 Å². The number of amides is 1. The summed E-state index contributed by atoms with van der Waals surface area (Å²) in [4.78, 5) is 12.5. The van der Waals surface area contributed by atoms with Gasteiger partial charge in [-0.05, 0) is 42.5 Å². The van der Waals surface area contributed by atoms with E-state index in [9.17, 15) is 4.79 Å². The van der Waals surface area contributed by atoms with E-state index in [2.05, 4.69) is 26.1 Å². The molecule has 0 fully saturated rings. The number of nitrogens with one attached hydrogen (secondary N) is 1. The van der Waals surface area contributed by atoms with E-state index in [1.54, 1.807) is 0 Å².